The fourth-order valence-corrected chi connectivity index (χ4v) is 2.64. The molecule has 0 atom stereocenters. The number of carbonyl (C=O) groups excluding carboxylic acids is 2. The smallest absolute Gasteiger partial charge is 0.243 e. The summed E-state index contributed by atoms with van der Waals surface area (Å²) in [6.45, 7) is 6.20. The van der Waals surface area contributed by atoms with E-state index in [2.05, 4.69) is 16.0 Å². The predicted molar refractivity (Wildman–Crippen MR) is 112 cm³/mol. The number of hydrogen-bond acceptors (Lipinski definition) is 5. The van der Waals surface area contributed by atoms with Gasteiger partial charge in [-0.3, -0.25) is 9.59 Å². The highest BCUT2D eigenvalue weighted by Gasteiger charge is 2.10. The van der Waals surface area contributed by atoms with Gasteiger partial charge in [-0.2, -0.15) is 0 Å². The Morgan fingerprint density at radius 2 is 1.57 bits per heavy atom. The van der Waals surface area contributed by atoms with Crippen molar-refractivity contribution < 1.29 is 19.1 Å². The highest BCUT2D eigenvalue weighted by Crippen LogP contribution is 2.30. The number of hydrogen-bond donors (Lipinski definition) is 3. The van der Waals surface area contributed by atoms with E-state index >= 15 is 0 Å². The molecule has 0 fully saturated rings. The minimum Gasteiger partial charge on any atom is -0.490 e. The largest absolute Gasteiger partial charge is 0.490 e. The van der Waals surface area contributed by atoms with Crippen molar-refractivity contribution in [3.63, 3.8) is 0 Å². The summed E-state index contributed by atoms with van der Waals surface area (Å²) < 4.78 is 11.1. The summed E-state index contributed by atoms with van der Waals surface area (Å²) >= 11 is 6.14. The molecule has 0 radical (unpaired) electrons. The van der Waals surface area contributed by atoms with E-state index in [1.54, 1.807) is 36.4 Å². The maximum Gasteiger partial charge on any atom is 0.243 e. The van der Waals surface area contributed by atoms with Crippen LogP contribution in [0.25, 0.3) is 0 Å². The van der Waals surface area contributed by atoms with Crippen LogP contribution in [-0.2, 0) is 9.59 Å². The number of halogens is 1. The highest BCUT2D eigenvalue weighted by molar-refractivity contribution is 6.33. The first-order valence-electron chi connectivity index (χ1n) is 8.93. The molecule has 7 nitrogen and oxygen atoms in total. The number of benzene rings is 2. The molecule has 0 heterocycles. The summed E-state index contributed by atoms with van der Waals surface area (Å²) in [6, 6.07) is 10.2. The third-order valence-electron chi connectivity index (χ3n) is 3.55. The number of anilines is 3. The maximum absolute atomic E-state index is 12.3. The number of rotatable bonds is 9. The lowest BCUT2D eigenvalue weighted by Gasteiger charge is -2.14. The van der Waals surface area contributed by atoms with Gasteiger partial charge in [0.25, 0.3) is 0 Å². The molecule has 0 saturated heterocycles. The normalized spacial score (nSPS) is 10.1. The third kappa shape index (κ3) is 6.35. The van der Waals surface area contributed by atoms with Crippen LogP contribution in [0.1, 0.15) is 20.8 Å². The van der Waals surface area contributed by atoms with Crippen molar-refractivity contribution in [1.82, 2.24) is 0 Å². The Morgan fingerprint density at radius 1 is 0.929 bits per heavy atom. The Hall–Kier alpha value is -2.93. The molecule has 0 aliphatic rings. The summed E-state index contributed by atoms with van der Waals surface area (Å²) in [5.74, 6) is 0.752. The molecule has 0 aliphatic heterocycles. The summed E-state index contributed by atoms with van der Waals surface area (Å²) in [7, 11) is 0. The van der Waals surface area contributed by atoms with Crippen molar-refractivity contribution in [1.29, 1.82) is 0 Å². The van der Waals surface area contributed by atoms with Crippen molar-refractivity contribution in [2.45, 2.75) is 20.8 Å². The molecule has 2 rings (SSSR count). The summed E-state index contributed by atoms with van der Waals surface area (Å²) in [4.78, 5) is 23.5. The summed E-state index contributed by atoms with van der Waals surface area (Å²) in [5.41, 5.74) is 1.73. The second kappa shape index (κ2) is 10.4. The van der Waals surface area contributed by atoms with E-state index in [9.17, 15) is 9.59 Å². The van der Waals surface area contributed by atoms with E-state index in [1.165, 1.54) is 6.92 Å². The second-order valence-corrected chi connectivity index (χ2v) is 6.21. The summed E-state index contributed by atoms with van der Waals surface area (Å²) in [6.07, 6.45) is 0. The molecule has 3 N–H and O–H groups in total. The average Bonchev–Trinajstić information content (AvgIpc) is 2.64. The van der Waals surface area contributed by atoms with E-state index in [4.69, 9.17) is 21.1 Å². The number of ether oxygens (including phenoxy) is 2. The molecule has 0 spiro atoms. The zero-order chi connectivity index (χ0) is 20.5. The molecule has 150 valence electrons. The van der Waals surface area contributed by atoms with Crippen LogP contribution in [0.2, 0.25) is 5.02 Å². The monoisotopic (exact) mass is 405 g/mol. The topological polar surface area (TPSA) is 88.7 Å². The average molecular weight is 406 g/mol. The van der Waals surface area contributed by atoms with Crippen LogP contribution < -0.4 is 25.4 Å². The van der Waals surface area contributed by atoms with Gasteiger partial charge in [0.05, 0.1) is 30.5 Å². The SMILES string of the molecule is CCOc1ccc(NC(=O)CNc2cc(NC(C)=O)ccc2Cl)cc1OCC. The zero-order valence-electron chi connectivity index (χ0n) is 16.1. The molecular formula is C20H24ClN3O4. The van der Waals surface area contributed by atoms with Gasteiger partial charge in [0, 0.05) is 24.4 Å². The third-order valence-corrected chi connectivity index (χ3v) is 3.88. The fourth-order valence-electron chi connectivity index (χ4n) is 2.45. The van der Waals surface area contributed by atoms with Gasteiger partial charge in [-0.1, -0.05) is 11.6 Å². The fraction of sp³-hybridized carbons (Fsp3) is 0.300. The van der Waals surface area contributed by atoms with Gasteiger partial charge in [0.2, 0.25) is 11.8 Å². The zero-order valence-corrected chi connectivity index (χ0v) is 16.9. The van der Waals surface area contributed by atoms with E-state index in [0.717, 1.165) is 0 Å². The summed E-state index contributed by atoms with van der Waals surface area (Å²) in [5, 5.41) is 8.88. The second-order valence-electron chi connectivity index (χ2n) is 5.81. The van der Waals surface area contributed by atoms with Gasteiger partial charge in [-0.05, 0) is 44.2 Å². The van der Waals surface area contributed by atoms with Crippen LogP contribution in [0.4, 0.5) is 17.1 Å². The Balaban J connectivity index is 2.01. The van der Waals surface area contributed by atoms with Crippen molar-refractivity contribution in [3.8, 4) is 11.5 Å². The lowest BCUT2D eigenvalue weighted by molar-refractivity contribution is -0.115. The first-order chi connectivity index (χ1) is 13.4. The lowest BCUT2D eigenvalue weighted by atomic mass is 10.2. The van der Waals surface area contributed by atoms with Crippen molar-refractivity contribution in [3.05, 3.63) is 41.4 Å². The van der Waals surface area contributed by atoms with Crippen LogP contribution in [0.15, 0.2) is 36.4 Å². The molecule has 28 heavy (non-hydrogen) atoms. The molecule has 0 unspecified atom stereocenters. The minimum atomic E-state index is -0.257. The van der Waals surface area contributed by atoms with Gasteiger partial charge in [0.1, 0.15) is 0 Å². The number of amides is 2. The van der Waals surface area contributed by atoms with E-state index in [-0.39, 0.29) is 18.4 Å². The first kappa shape index (κ1) is 21.4. The Labute approximate surface area is 169 Å². The van der Waals surface area contributed by atoms with Crippen molar-refractivity contribution >= 4 is 40.5 Å². The molecule has 2 aromatic carbocycles. The van der Waals surface area contributed by atoms with Gasteiger partial charge in [-0.15, -0.1) is 0 Å². The molecule has 2 aromatic rings. The Kier molecular flexibility index (Phi) is 7.95. The van der Waals surface area contributed by atoms with Crippen LogP contribution >= 0.6 is 11.6 Å². The quantitative estimate of drug-likeness (QED) is 0.583. The Bertz CT molecular complexity index is 842. The lowest BCUT2D eigenvalue weighted by Crippen LogP contribution is -2.22. The van der Waals surface area contributed by atoms with Crippen LogP contribution in [0.3, 0.4) is 0 Å². The van der Waals surface area contributed by atoms with E-state index in [1.807, 2.05) is 13.8 Å². The van der Waals surface area contributed by atoms with Gasteiger partial charge < -0.3 is 25.4 Å². The van der Waals surface area contributed by atoms with Crippen LogP contribution in [0.5, 0.6) is 11.5 Å². The predicted octanol–water partition coefficient (Wildman–Crippen LogP) is 4.15. The van der Waals surface area contributed by atoms with Crippen molar-refractivity contribution in [2.24, 2.45) is 0 Å². The van der Waals surface area contributed by atoms with Gasteiger partial charge in [0.15, 0.2) is 11.5 Å². The first-order valence-corrected chi connectivity index (χ1v) is 9.31. The number of nitrogens with one attached hydrogen (secondary N) is 3. The standard InChI is InChI=1S/C20H24ClN3O4/c1-4-27-18-9-7-15(11-19(18)28-5-2)24-20(26)12-22-17-10-14(23-13(3)25)6-8-16(17)21/h6-11,22H,4-5,12H2,1-3H3,(H,23,25)(H,24,26). The van der Waals surface area contributed by atoms with E-state index < -0.39 is 0 Å². The van der Waals surface area contributed by atoms with Gasteiger partial charge in [-0.25, -0.2) is 0 Å². The van der Waals surface area contributed by atoms with E-state index in [0.29, 0.717) is 46.8 Å². The van der Waals surface area contributed by atoms with Gasteiger partial charge >= 0.3 is 0 Å². The molecular weight excluding hydrogens is 382 g/mol. The van der Waals surface area contributed by atoms with Crippen molar-refractivity contribution in [2.75, 3.05) is 35.7 Å². The molecule has 0 bridgehead atoms. The molecule has 0 saturated carbocycles. The number of carbonyl (C=O) groups is 2. The van der Waals surface area contributed by atoms with Crippen LogP contribution in [0, 0.1) is 0 Å². The maximum atomic E-state index is 12.3. The van der Waals surface area contributed by atoms with Crippen LogP contribution in [-0.4, -0.2) is 31.6 Å². The highest BCUT2D eigenvalue weighted by atomic mass is 35.5. The molecule has 2 amide bonds. The molecule has 0 aliphatic carbocycles. The molecule has 8 heteroatoms. The minimum absolute atomic E-state index is 0.000421. The molecule has 0 aromatic heterocycles. The Morgan fingerprint density at radius 3 is 2.25 bits per heavy atom.